The molecule has 0 aliphatic rings. The lowest BCUT2D eigenvalue weighted by molar-refractivity contribution is -0.142. The minimum Gasteiger partial charge on any atom is -0.480 e. The van der Waals surface area contributed by atoms with Crippen molar-refractivity contribution in [2.75, 3.05) is 13.1 Å². The molecular formula is C11H11BrClNO4. The summed E-state index contributed by atoms with van der Waals surface area (Å²) in [5.74, 6) is -2.13. The van der Waals surface area contributed by atoms with Crippen molar-refractivity contribution in [1.29, 1.82) is 0 Å². The lowest BCUT2D eigenvalue weighted by Gasteiger charge is -2.18. The molecule has 0 spiro atoms. The van der Waals surface area contributed by atoms with Gasteiger partial charge in [0, 0.05) is 11.0 Å². The number of nitrogens with zero attached hydrogens (tertiary/aromatic N) is 1. The molecule has 0 unspecified atom stereocenters. The van der Waals surface area contributed by atoms with Gasteiger partial charge in [-0.05, 0) is 33.6 Å². The molecule has 0 saturated carbocycles. The summed E-state index contributed by atoms with van der Waals surface area (Å²) in [5, 5.41) is 18.0. The molecule has 1 aromatic rings. The van der Waals surface area contributed by atoms with E-state index < -0.39 is 11.9 Å². The van der Waals surface area contributed by atoms with Gasteiger partial charge in [0.1, 0.15) is 0 Å². The topological polar surface area (TPSA) is 77.8 Å². The Labute approximate surface area is 117 Å². The van der Waals surface area contributed by atoms with Crippen molar-refractivity contribution in [1.82, 2.24) is 4.90 Å². The van der Waals surface area contributed by atoms with E-state index in [0.29, 0.717) is 9.50 Å². The Morgan fingerprint density at radius 2 is 1.78 bits per heavy atom. The Balaban J connectivity index is 2.77. The summed E-state index contributed by atoms with van der Waals surface area (Å²) < 4.78 is 0.687. The van der Waals surface area contributed by atoms with Crippen molar-refractivity contribution in [3.63, 3.8) is 0 Å². The molecule has 0 heterocycles. The molecular weight excluding hydrogens is 325 g/mol. The Hall–Kier alpha value is -1.11. The minimum atomic E-state index is -1.07. The molecule has 1 aromatic carbocycles. The van der Waals surface area contributed by atoms with Crippen LogP contribution in [0.15, 0.2) is 22.7 Å². The molecule has 2 N–H and O–H groups in total. The number of carbonyl (C=O) groups is 2. The van der Waals surface area contributed by atoms with Crippen molar-refractivity contribution >= 4 is 39.5 Å². The first-order valence-electron chi connectivity index (χ1n) is 4.98. The van der Waals surface area contributed by atoms with Crippen LogP contribution in [-0.2, 0) is 16.1 Å². The van der Waals surface area contributed by atoms with Crippen molar-refractivity contribution in [2.24, 2.45) is 0 Å². The first kappa shape index (κ1) is 14.9. The number of carboxylic acids is 2. The van der Waals surface area contributed by atoms with Gasteiger partial charge in [0.25, 0.3) is 0 Å². The highest BCUT2D eigenvalue weighted by Crippen LogP contribution is 2.23. The van der Waals surface area contributed by atoms with Gasteiger partial charge in [0.2, 0.25) is 0 Å². The van der Waals surface area contributed by atoms with Crippen molar-refractivity contribution in [3.8, 4) is 0 Å². The highest BCUT2D eigenvalue weighted by Gasteiger charge is 2.14. The Morgan fingerprint density at radius 3 is 2.22 bits per heavy atom. The number of hydrogen-bond acceptors (Lipinski definition) is 3. The summed E-state index contributed by atoms with van der Waals surface area (Å²) in [4.78, 5) is 22.6. The molecule has 0 saturated heterocycles. The van der Waals surface area contributed by atoms with Crippen LogP contribution >= 0.6 is 27.5 Å². The van der Waals surface area contributed by atoms with Crippen LogP contribution in [0, 0.1) is 0 Å². The standard InChI is InChI=1S/C11H11BrClNO4/c12-8-3-7(1-2-9(8)13)4-14(5-10(15)16)6-11(17)18/h1-3H,4-6H2,(H,15,16)(H,17,18). The first-order chi connectivity index (χ1) is 8.38. The van der Waals surface area contributed by atoms with Gasteiger partial charge in [-0.2, -0.15) is 0 Å². The maximum absolute atomic E-state index is 10.6. The average molecular weight is 337 g/mol. The summed E-state index contributed by atoms with van der Waals surface area (Å²) in [5.41, 5.74) is 0.786. The molecule has 0 amide bonds. The zero-order chi connectivity index (χ0) is 13.7. The van der Waals surface area contributed by atoms with E-state index in [-0.39, 0.29) is 19.6 Å². The van der Waals surface area contributed by atoms with Crippen LogP contribution in [0.1, 0.15) is 5.56 Å². The molecule has 0 aliphatic heterocycles. The fourth-order valence-electron chi connectivity index (χ4n) is 1.45. The molecule has 7 heteroatoms. The van der Waals surface area contributed by atoms with Crippen LogP contribution in [0.3, 0.4) is 0 Å². The smallest absolute Gasteiger partial charge is 0.317 e. The van der Waals surface area contributed by atoms with Gasteiger partial charge in [-0.1, -0.05) is 17.7 Å². The lowest BCUT2D eigenvalue weighted by atomic mass is 10.2. The maximum atomic E-state index is 10.6. The SMILES string of the molecule is O=C(O)CN(CC(=O)O)Cc1ccc(Cl)c(Br)c1. The number of carboxylic acid groups (broad SMARTS) is 2. The minimum absolute atomic E-state index is 0.231. The van der Waals surface area contributed by atoms with E-state index in [9.17, 15) is 9.59 Å². The van der Waals surface area contributed by atoms with E-state index in [0.717, 1.165) is 5.56 Å². The predicted octanol–water partition coefficient (Wildman–Crippen LogP) is 2.07. The summed E-state index contributed by atoms with van der Waals surface area (Å²) in [6.45, 7) is -0.423. The monoisotopic (exact) mass is 335 g/mol. The molecule has 0 fully saturated rings. The number of halogens is 2. The fourth-order valence-corrected chi connectivity index (χ4v) is 1.99. The summed E-state index contributed by atoms with van der Waals surface area (Å²) in [6.07, 6.45) is 0. The molecule has 0 bridgehead atoms. The first-order valence-corrected chi connectivity index (χ1v) is 6.15. The molecule has 0 aliphatic carbocycles. The Kier molecular flexibility index (Phi) is 5.58. The second kappa shape index (κ2) is 6.72. The zero-order valence-electron chi connectivity index (χ0n) is 9.27. The average Bonchev–Trinajstić information content (AvgIpc) is 2.21. The van der Waals surface area contributed by atoms with E-state index in [1.165, 1.54) is 4.90 Å². The third-order valence-corrected chi connectivity index (χ3v) is 3.32. The van der Waals surface area contributed by atoms with Crippen LogP contribution in [-0.4, -0.2) is 40.1 Å². The summed E-state index contributed by atoms with van der Waals surface area (Å²) in [6, 6.07) is 5.13. The normalized spacial score (nSPS) is 10.6. The van der Waals surface area contributed by atoms with E-state index in [1.54, 1.807) is 18.2 Å². The van der Waals surface area contributed by atoms with Crippen LogP contribution < -0.4 is 0 Å². The molecule has 0 atom stereocenters. The maximum Gasteiger partial charge on any atom is 0.317 e. The van der Waals surface area contributed by atoms with E-state index in [4.69, 9.17) is 21.8 Å². The van der Waals surface area contributed by atoms with Gasteiger partial charge in [-0.25, -0.2) is 0 Å². The molecule has 98 valence electrons. The molecule has 1 rings (SSSR count). The fraction of sp³-hybridized carbons (Fsp3) is 0.273. The largest absolute Gasteiger partial charge is 0.480 e. The van der Waals surface area contributed by atoms with Crippen LogP contribution in [0.25, 0.3) is 0 Å². The van der Waals surface area contributed by atoms with Gasteiger partial charge in [0.15, 0.2) is 0 Å². The van der Waals surface area contributed by atoms with Crippen LogP contribution in [0.5, 0.6) is 0 Å². The van der Waals surface area contributed by atoms with Crippen LogP contribution in [0.4, 0.5) is 0 Å². The van der Waals surface area contributed by atoms with Gasteiger partial charge in [-0.3, -0.25) is 14.5 Å². The summed E-state index contributed by atoms with van der Waals surface area (Å²) >= 11 is 9.09. The highest BCUT2D eigenvalue weighted by molar-refractivity contribution is 9.10. The Bertz CT molecular complexity index is 450. The lowest BCUT2D eigenvalue weighted by Crippen LogP contribution is -2.33. The van der Waals surface area contributed by atoms with Crippen LogP contribution in [0.2, 0.25) is 5.02 Å². The quantitative estimate of drug-likeness (QED) is 0.831. The van der Waals surface area contributed by atoms with Gasteiger partial charge < -0.3 is 10.2 Å². The van der Waals surface area contributed by atoms with E-state index in [2.05, 4.69) is 15.9 Å². The predicted molar refractivity (Wildman–Crippen MR) is 69.7 cm³/mol. The van der Waals surface area contributed by atoms with Gasteiger partial charge in [0.05, 0.1) is 18.1 Å². The second-order valence-electron chi connectivity index (χ2n) is 3.68. The van der Waals surface area contributed by atoms with Crippen molar-refractivity contribution < 1.29 is 19.8 Å². The molecule has 18 heavy (non-hydrogen) atoms. The number of aliphatic carboxylic acids is 2. The number of hydrogen-bond donors (Lipinski definition) is 2. The molecule has 0 radical (unpaired) electrons. The number of rotatable bonds is 6. The number of benzene rings is 1. The van der Waals surface area contributed by atoms with Crippen molar-refractivity contribution in [2.45, 2.75) is 6.54 Å². The van der Waals surface area contributed by atoms with Gasteiger partial charge in [-0.15, -0.1) is 0 Å². The third-order valence-electron chi connectivity index (χ3n) is 2.11. The second-order valence-corrected chi connectivity index (χ2v) is 4.94. The highest BCUT2D eigenvalue weighted by atomic mass is 79.9. The van der Waals surface area contributed by atoms with Gasteiger partial charge >= 0.3 is 11.9 Å². The third kappa shape index (κ3) is 5.03. The van der Waals surface area contributed by atoms with Crippen molar-refractivity contribution in [3.05, 3.63) is 33.3 Å². The molecule has 5 nitrogen and oxygen atoms in total. The Morgan fingerprint density at radius 1 is 1.22 bits per heavy atom. The van der Waals surface area contributed by atoms with E-state index >= 15 is 0 Å². The molecule has 0 aromatic heterocycles. The summed E-state index contributed by atoms with van der Waals surface area (Å²) in [7, 11) is 0. The van der Waals surface area contributed by atoms with E-state index in [1.807, 2.05) is 0 Å². The zero-order valence-corrected chi connectivity index (χ0v) is 11.6.